The molecular formula is C44H76N4. The SMILES string of the molecule is CC(C)(C)CCCNC(C)(C)C.CC(C)(C)Cc1cccc(NC(C)(C)C)c1.CC(C)(C)Nc1cccc2c(NC(C)(C)C)cccc12. The molecule has 0 saturated carbocycles. The molecule has 0 aliphatic heterocycles. The summed E-state index contributed by atoms with van der Waals surface area (Å²) in [4.78, 5) is 0. The van der Waals surface area contributed by atoms with Crippen molar-refractivity contribution in [3.05, 3.63) is 66.2 Å². The van der Waals surface area contributed by atoms with Crippen LogP contribution in [0.15, 0.2) is 60.7 Å². The lowest BCUT2D eigenvalue weighted by Gasteiger charge is -2.26. The Labute approximate surface area is 298 Å². The molecule has 48 heavy (non-hydrogen) atoms. The predicted octanol–water partition coefficient (Wildman–Crippen LogP) is 12.9. The Kier molecular flexibility index (Phi) is 15.6. The van der Waals surface area contributed by atoms with E-state index >= 15 is 0 Å². The smallest absolute Gasteiger partial charge is 0.0424 e. The molecule has 0 aromatic heterocycles. The summed E-state index contributed by atoms with van der Waals surface area (Å²) in [7, 11) is 0. The quantitative estimate of drug-likeness (QED) is 0.191. The molecule has 4 N–H and O–H groups in total. The summed E-state index contributed by atoms with van der Waals surface area (Å²) in [6.45, 7) is 41.1. The number of benzene rings is 3. The van der Waals surface area contributed by atoms with Gasteiger partial charge in [0.05, 0.1) is 0 Å². The van der Waals surface area contributed by atoms with Crippen molar-refractivity contribution in [2.75, 3.05) is 22.5 Å². The van der Waals surface area contributed by atoms with Gasteiger partial charge in [-0.25, -0.2) is 0 Å². The Morgan fingerprint density at radius 1 is 0.458 bits per heavy atom. The maximum atomic E-state index is 3.59. The summed E-state index contributed by atoms with van der Waals surface area (Å²) < 4.78 is 0. The van der Waals surface area contributed by atoms with E-state index < -0.39 is 0 Å². The van der Waals surface area contributed by atoms with E-state index in [9.17, 15) is 0 Å². The third-order valence-electron chi connectivity index (χ3n) is 6.88. The molecule has 0 amide bonds. The molecule has 0 aliphatic carbocycles. The van der Waals surface area contributed by atoms with Gasteiger partial charge < -0.3 is 21.3 Å². The van der Waals surface area contributed by atoms with Crippen molar-refractivity contribution >= 4 is 27.8 Å². The molecule has 0 aliphatic rings. The van der Waals surface area contributed by atoms with Crippen molar-refractivity contribution in [1.82, 2.24) is 5.32 Å². The second-order valence-electron chi connectivity index (χ2n) is 20.1. The Morgan fingerprint density at radius 3 is 1.27 bits per heavy atom. The second kappa shape index (κ2) is 17.3. The molecule has 3 aromatic carbocycles. The van der Waals surface area contributed by atoms with E-state index in [-0.39, 0.29) is 22.2 Å². The molecule has 0 radical (unpaired) electrons. The van der Waals surface area contributed by atoms with Crippen LogP contribution >= 0.6 is 0 Å². The first kappa shape index (κ1) is 43.3. The zero-order valence-electron chi connectivity index (χ0n) is 34.6. The average molecular weight is 661 g/mol. The zero-order valence-corrected chi connectivity index (χ0v) is 34.6. The highest BCUT2D eigenvalue weighted by Crippen LogP contribution is 2.32. The summed E-state index contributed by atoms with van der Waals surface area (Å²) in [6.07, 6.45) is 3.70. The van der Waals surface area contributed by atoms with Gasteiger partial charge in [-0.15, -0.1) is 0 Å². The Bertz CT molecular complexity index is 1260. The standard InChI is InChI=1S/C18H26N2.C15H25N.C11H25N/c1-17(2,3)19-15-11-7-10-14-13(15)9-8-12-16(14)20-18(4,5)6;1-14(2,3)11-12-8-7-9-13(10-12)16-15(4,5)6;1-10(2,3)8-7-9-12-11(4,5)6/h7-12,19-20H,1-6H3;7-10,16H,11H2,1-6H3;12H,7-9H2,1-6H3. The van der Waals surface area contributed by atoms with Gasteiger partial charge in [-0.1, -0.05) is 77.9 Å². The Balaban J connectivity index is 0.000000373. The number of hydrogen-bond donors (Lipinski definition) is 4. The highest BCUT2D eigenvalue weighted by molar-refractivity contribution is 6.01. The Morgan fingerprint density at radius 2 is 0.896 bits per heavy atom. The molecule has 0 spiro atoms. The van der Waals surface area contributed by atoms with Gasteiger partial charge in [-0.2, -0.15) is 0 Å². The van der Waals surface area contributed by atoms with Crippen molar-refractivity contribution in [3.63, 3.8) is 0 Å². The zero-order chi connectivity index (χ0) is 37.2. The van der Waals surface area contributed by atoms with E-state index in [2.05, 4.69) is 207 Å². The van der Waals surface area contributed by atoms with Gasteiger partial charge in [0.1, 0.15) is 0 Å². The van der Waals surface area contributed by atoms with Crippen LogP contribution in [0.25, 0.3) is 10.8 Å². The lowest BCUT2D eigenvalue weighted by Crippen LogP contribution is -2.36. The van der Waals surface area contributed by atoms with Gasteiger partial charge in [0.15, 0.2) is 0 Å². The van der Waals surface area contributed by atoms with Crippen molar-refractivity contribution in [2.45, 2.75) is 166 Å². The molecule has 4 heteroatoms. The van der Waals surface area contributed by atoms with Gasteiger partial charge >= 0.3 is 0 Å². The molecule has 0 bridgehead atoms. The third kappa shape index (κ3) is 21.3. The third-order valence-corrected chi connectivity index (χ3v) is 6.88. The first-order valence-electron chi connectivity index (χ1n) is 18.2. The van der Waals surface area contributed by atoms with E-state index in [1.807, 2.05) is 0 Å². The van der Waals surface area contributed by atoms with Crippen molar-refractivity contribution in [2.24, 2.45) is 10.8 Å². The lowest BCUT2D eigenvalue weighted by atomic mass is 9.88. The molecule has 3 rings (SSSR count). The molecule has 0 unspecified atom stereocenters. The van der Waals surface area contributed by atoms with Crippen LogP contribution in [-0.4, -0.2) is 28.7 Å². The van der Waals surface area contributed by atoms with Crippen molar-refractivity contribution in [1.29, 1.82) is 0 Å². The number of rotatable bonds is 7. The minimum Gasteiger partial charge on any atom is -0.380 e. The molecule has 0 atom stereocenters. The predicted molar refractivity (Wildman–Crippen MR) is 220 cm³/mol. The number of nitrogens with one attached hydrogen (secondary N) is 4. The fourth-order valence-corrected chi connectivity index (χ4v) is 5.22. The maximum Gasteiger partial charge on any atom is 0.0424 e. The van der Waals surface area contributed by atoms with E-state index in [1.54, 1.807) is 0 Å². The van der Waals surface area contributed by atoms with Gasteiger partial charge in [-0.3, -0.25) is 0 Å². The lowest BCUT2D eigenvalue weighted by molar-refractivity contribution is 0.341. The molecule has 272 valence electrons. The van der Waals surface area contributed by atoms with Crippen LogP contribution in [0.3, 0.4) is 0 Å². The van der Waals surface area contributed by atoms with Crippen LogP contribution in [-0.2, 0) is 6.42 Å². The van der Waals surface area contributed by atoms with Gasteiger partial charge in [-0.05, 0) is 150 Å². The van der Waals surface area contributed by atoms with Crippen LogP contribution in [0.5, 0.6) is 0 Å². The highest BCUT2D eigenvalue weighted by Gasteiger charge is 2.16. The summed E-state index contributed by atoms with van der Waals surface area (Å²) in [5.74, 6) is 0. The second-order valence-corrected chi connectivity index (χ2v) is 20.1. The summed E-state index contributed by atoms with van der Waals surface area (Å²) in [6, 6.07) is 21.6. The van der Waals surface area contributed by atoms with E-state index in [1.165, 1.54) is 46.2 Å². The van der Waals surface area contributed by atoms with Crippen LogP contribution < -0.4 is 21.3 Å². The normalized spacial score (nSPS) is 12.8. The maximum absolute atomic E-state index is 3.59. The number of hydrogen-bond acceptors (Lipinski definition) is 4. The Hall–Kier alpha value is -2.72. The molecule has 0 saturated heterocycles. The van der Waals surface area contributed by atoms with E-state index in [0.29, 0.717) is 10.8 Å². The minimum absolute atomic E-state index is 0.0573. The van der Waals surface area contributed by atoms with Gasteiger partial charge in [0, 0.05) is 50.0 Å². The summed E-state index contributed by atoms with van der Waals surface area (Å²) in [5, 5.41) is 16.7. The first-order chi connectivity index (χ1) is 21.5. The number of fused-ring (bicyclic) bond motifs is 1. The van der Waals surface area contributed by atoms with Gasteiger partial charge in [0.25, 0.3) is 0 Å². The van der Waals surface area contributed by atoms with Crippen LogP contribution in [0, 0.1) is 10.8 Å². The molecule has 0 heterocycles. The van der Waals surface area contributed by atoms with Gasteiger partial charge in [0.2, 0.25) is 0 Å². The monoisotopic (exact) mass is 661 g/mol. The van der Waals surface area contributed by atoms with E-state index in [4.69, 9.17) is 0 Å². The molecule has 4 nitrogen and oxygen atoms in total. The average Bonchev–Trinajstić information content (AvgIpc) is 2.83. The summed E-state index contributed by atoms with van der Waals surface area (Å²) in [5.41, 5.74) is 6.35. The van der Waals surface area contributed by atoms with Crippen molar-refractivity contribution < 1.29 is 0 Å². The molecule has 3 aromatic rings. The molecule has 0 fully saturated rings. The minimum atomic E-state index is 0.0573. The largest absolute Gasteiger partial charge is 0.380 e. The summed E-state index contributed by atoms with van der Waals surface area (Å²) >= 11 is 0. The highest BCUT2D eigenvalue weighted by atomic mass is 15.0. The molecular weight excluding hydrogens is 585 g/mol. The van der Waals surface area contributed by atoms with Crippen LogP contribution in [0.1, 0.15) is 143 Å². The topological polar surface area (TPSA) is 48.1 Å². The van der Waals surface area contributed by atoms with Crippen molar-refractivity contribution in [3.8, 4) is 0 Å². The number of anilines is 3. The fourth-order valence-electron chi connectivity index (χ4n) is 5.22. The van der Waals surface area contributed by atoms with Crippen LogP contribution in [0.4, 0.5) is 17.1 Å². The van der Waals surface area contributed by atoms with Crippen LogP contribution in [0.2, 0.25) is 0 Å². The first-order valence-corrected chi connectivity index (χ1v) is 18.2. The fraction of sp³-hybridized carbons (Fsp3) is 0.636. The van der Waals surface area contributed by atoms with E-state index in [0.717, 1.165) is 13.0 Å².